The molecular weight excluding hydrogens is 366 g/mol. The molecule has 0 spiro atoms. The molecule has 3 rings (SSSR count). The fourth-order valence-corrected chi connectivity index (χ4v) is 6.38. The predicted octanol–water partition coefficient (Wildman–Crippen LogP) is 4.72. The van der Waals surface area contributed by atoms with E-state index in [-0.39, 0.29) is 6.04 Å². The molecule has 4 nitrogen and oxygen atoms in total. The van der Waals surface area contributed by atoms with Crippen molar-refractivity contribution < 1.29 is 13.2 Å². The van der Waals surface area contributed by atoms with Crippen molar-refractivity contribution >= 4 is 33.0 Å². The van der Waals surface area contributed by atoms with E-state index in [0.717, 1.165) is 48.3 Å². The van der Waals surface area contributed by atoms with E-state index in [1.54, 1.807) is 23.5 Å². The van der Waals surface area contributed by atoms with Gasteiger partial charge in [-0.3, -0.25) is 0 Å². The second kappa shape index (κ2) is 7.44. The maximum atomic E-state index is 13.1. The van der Waals surface area contributed by atoms with Crippen molar-refractivity contribution in [1.82, 2.24) is 4.31 Å². The van der Waals surface area contributed by atoms with Gasteiger partial charge in [0.25, 0.3) is 10.0 Å². The molecule has 1 saturated heterocycles. The molecule has 0 N–H and O–H groups in total. The van der Waals surface area contributed by atoms with E-state index in [4.69, 9.17) is 16.3 Å². The van der Waals surface area contributed by atoms with Gasteiger partial charge in [-0.05, 0) is 42.7 Å². The first-order chi connectivity index (χ1) is 11.5. The Morgan fingerprint density at radius 1 is 1.12 bits per heavy atom. The van der Waals surface area contributed by atoms with Gasteiger partial charge >= 0.3 is 0 Å². The first-order valence-corrected chi connectivity index (χ1v) is 10.6. The van der Waals surface area contributed by atoms with Crippen LogP contribution in [0.3, 0.4) is 0 Å². The highest BCUT2D eigenvalue weighted by Crippen LogP contribution is 2.37. The number of ether oxygens (including phenoxy) is 1. The number of sulfonamides is 1. The molecule has 7 heteroatoms. The van der Waals surface area contributed by atoms with Gasteiger partial charge in [0.1, 0.15) is 9.96 Å². The molecule has 2 heterocycles. The van der Waals surface area contributed by atoms with E-state index in [1.165, 1.54) is 0 Å². The smallest absolute Gasteiger partial charge is 0.253 e. The van der Waals surface area contributed by atoms with Gasteiger partial charge in [0, 0.05) is 6.54 Å². The lowest BCUT2D eigenvalue weighted by atomic mass is 10.0. The van der Waals surface area contributed by atoms with Gasteiger partial charge in [-0.2, -0.15) is 4.31 Å². The highest BCUT2D eigenvalue weighted by Gasteiger charge is 2.34. The van der Waals surface area contributed by atoms with Crippen molar-refractivity contribution in [2.24, 2.45) is 0 Å². The SMILES string of the molecule is COc1ccc([C@@H]2CCCCCN2S(=O)(=O)c2ccc(Cl)s2)cc1. The molecule has 1 atom stereocenters. The Kier molecular flexibility index (Phi) is 5.49. The molecular formula is C17H20ClNO3S2. The van der Waals surface area contributed by atoms with Gasteiger partial charge in [0.2, 0.25) is 0 Å². The van der Waals surface area contributed by atoms with Crippen molar-refractivity contribution in [3.05, 3.63) is 46.3 Å². The summed E-state index contributed by atoms with van der Waals surface area (Å²) in [6, 6.07) is 10.8. The zero-order chi connectivity index (χ0) is 17.2. The normalized spacial score (nSPS) is 19.8. The number of hydrogen-bond acceptors (Lipinski definition) is 4. The lowest BCUT2D eigenvalue weighted by Crippen LogP contribution is -2.34. The molecule has 24 heavy (non-hydrogen) atoms. The average Bonchev–Trinajstić information content (AvgIpc) is 2.88. The standard InChI is InChI=1S/C17H20ClNO3S2/c1-22-14-8-6-13(7-9-14)15-5-3-2-4-12-19(15)24(20,21)17-11-10-16(18)23-17/h6-11,15H,2-5,12H2,1H3/t15-/m0/s1. The number of nitrogens with zero attached hydrogens (tertiary/aromatic N) is 1. The quantitative estimate of drug-likeness (QED) is 0.765. The summed E-state index contributed by atoms with van der Waals surface area (Å²) in [5, 5.41) is 0. The summed E-state index contributed by atoms with van der Waals surface area (Å²) in [5.74, 6) is 0.770. The number of rotatable bonds is 4. The fraction of sp³-hybridized carbons (Fsp3) is 0.412. The topological polar surface area (TPSA) is 46.6 Å². The molecule has 1 fully saturated rings. The number of halogens is 1. The molecule has 0 aliphatic carbocycles. The molecule has 1 aromatic carbocycles. The van der Waals surface area contributed by atoms with Crippen LogP contribution in [0.2, 0.25) is 4.34 Å². The highest BCUT2D eigenvalue weighted by atomic mass is 35.5. The molecule has 1 aliphatic rings. The van der Waals surface area contributed by atoms with Crippen LogP contribution in [0.5, 0.6) is 5.75 Å². The van der Waals surface area contributed by atoms with Gasteiger partial charge in [-0.1, -0.05) is 36.6 Å². The van der Waals surface area contributed by atoms with Gasteiger partial charge in [-0.25, -0.2) is 8.42 Å². The fourth-order valence-electron chi connectivity index (χ4n) is 3.08. The molecule has 0 radical (unpaired) electrons. The number of methoxy groups -OCH3 is 1. The Bertz CT molecular complexity index is 786. The molecule has 0 bridgehead atoms. The minimum Gasteiger partial charge on any atom is -0.497 e. The Balaban J connectivity index is 1.98. The molecule has 0 saturated carbocycles. The first kappa shape index (κ1) is 17.7. The predicted molar refractivity (Wildman–Crippen MR) is 97.4 cm³/mol. The third kappa shape index (κ3) is 3.61. The van der Waals surface area contributed by atoms with Crippen molar-refractivity contribution in [2.45, 2.75) is 35.9 Å². The lowest BCUT2D eigenvalue weighted by molar-refractivity contribution is 0.329. The van der Waals surface area contributed by atoms with Gasteiger partial charge in [0.05, 0.1) is 17.5 Å². The Hall–Kier alpha value is -1.08. The number of hydrogen-bond donors (Lipinski definition) is 0. The summed E-state index contributed by atoms with van der Waals surface area (Å²) in [7, 11) is -1.92. The van der Waals surface area contributed by atoms with Gasteiger partial charge in [-0.15, -0.1) is 11.3 Å². The zero-order valence-electron chi connectivity index (χ0n) is 13.4. The molecule has 0 unspecified atom stereocenters. The lowest BCUT2D eigenvalue weighted by Gasteiger charge is -2.29. The molecule has 1 aromatic heterocycles. The van der Waals surface area contributed by atoms with Crippen LogP contribution in [-0.2, 0) is 10.0 Å². The Morgan fingerprint density at radius 3 is 2.50 bits per heavy atom. The highest BCUT2D eigenvalue weighted by molar-refractivity contribution is 7.91. The summed E-state index contributed by atoms with van der Waals surface area (Å²) in [4.78, 5) is 0. The Morgan fingerprint density at radius 2 is 1.88 bits per heavy atom. The molecule has 0 amide bonds. The third-order valence-electron chi connectivity index (χ3n) is 4.32. The van der Waals surface area contributed by atoms with E-state index in [9.17, 15) is 8.42 Å². The van der Waals surface area contributed by atoms with Crippen LogP contribution in [0.15, 0.2) is 40.6 Å². The van der Waals surface area contributed by atoms with Gasteiger partial charge < -0.3 is 4.74 Å². The Labute approximate surface area is 152 Å². The van der Waals surface area contributed by atoms with E-state index < -0.39 is 10.0 Å². The maximum Gasteiger partial charge on any atom is 0.253 e. The van der Waals surface area contributed by atoms with E-state index >= 15 is 0 Å². The summed E-state index contributed by atoms with van der Waals surface area (Å²) in [6.45, 7) is 0.536. The van der Waals surface area contributed by atoms with Crippen LogP contribution in [0.4, 0.5) is 0 Å². The van der Waals surface area contributed by atoms with Crippen molar-refractivity contribution in [3.8, 4) is 5.75 Å². The minimum absolute atomic E-state index is 0.149. The zero-order valence-corrected chi connectivity index (χ0v) is 15.8. The molecule has 130 valence electrons. The second-order valence-electron chi connectivity index (χ2n) is 5.81. The van der Waals surface area contributed by atoms with Crippen molar-refractivity contribution in [3.63, 3.8) is 0 Å². The minimum atomic E-state index is -3.54. The molecule has 1 aliphatic heterocycles. The summed E-state index contributed by atoms with van der Waals surface area (Å²) in [5.41, 5.74) is 1.00. The summed E-state index contributed by atoms with van der Waals surface area (Å²) in [6.07, 6.45) is 3.77. The van der Waals surface area contributed by atoms with Crippen LogP contribution < -0.4 is 4.74 Å². The van der Waals surface area contributed by atoms with E-state index in [0.29, 0.717) is 15.1 Å². The summed E-state index contributed by atoms with van der Waals surface area (Å²) >= 11 is 7.06. The van der Waals surface area contributed by atoms with Crippen LogP contribution in [0, 0.1) is 0 Å². The van der Waals surface area contributed by atoms with Crippen molar-refractivity contribution in [2.75, 3.05) is 13.7 Å². The maximum absolute atomic E-state index is 13.1. The van der Waals surface area contributed by atoms with Crippen LogP contribution in [0.1, 0.15) is 37.3 Å². The second-order valence-corrected chi connectivity index (χ2v) is 9.65. The monoisotopic (exact) mass is 385 g/mol. The average molecular weight is 386 g/mol. The van der Waals surface area contributed by atoms with Crippen LogP contribution in [0.25, 0.3) is 0 Å². The van der Waals surface area contributed by atoms with Crippen LogP contribution >= 0.6 is 22.9 Å². The van der Waals surface area contributed by atoms with Gasteiger partial charge in [0.15, 0.2) is 0 Å². The number of thiophene rings is 1. The summed E-state index contributed by atoms with van der Waals surface area (Å²) < 4.78 is 33.9. The van der Waals surface area contributed by atoms with Crippen molar-refractivity contribution in [1.29, 1.82) is 0 Å². The number of benzene rings is 1. The third-order valence-corrected chi connectivity index (χ3v) is 7.92. The van der Waals surface area contributed by atoms with E-state index in [1.807, 2.05) is 24.3 Å². The molecule has 2 aromatic rings. The van der Waals surface area contributed by atoms with E-state index in [2.05, 4.69) is 0 Å². The van der Waals surface area contributed by atoms with Crippen LogP contribution in [-0.4, -0.2) is 26.4 Å². The first-order valence-electron chi connectivity index (χ1n) is 7.93. The largest absolute Gasteiger partial charge is 0.497 e.